The first kappa shape index (κ1) is 11.4. The molecule has 3 atom stereocenters. The summed E-state index contributed by atoms with van der Waals surface area (Å²) in [6.45, 7) is 1.94. The van der Waals surface area contributed by atoms with E-state index in [4.69, 9.17) is 20.3 Å². The van der Waals surface area contributed by atoms with Crippen LogP contribution in [0.15, 0.2) is 24.3 Å². The SMILES string of the molecule is CC1O[C@H](c2ccccc2N)[C@@H](CCO)O1. The molecule has 0 spiro atoms. The maximum absolute atomic E-state index is 8.98. The molecule has 2 rings (SSSR count). The van der Waals surface area contributed by atoms with Crippen LogP contribution >= 0.6 is 0 Å². The van der Waals surface area contributed by atoms with Crippen LogP contribution in [0.4, 0.5) is 5.69 Å². The van der Waals surface area contributed by atoms with Gasteiger partial charge in [-0.3, -0.25) is 0 Å². The lowest BCUT2D eigenvalue weighted by atomic mass is 10.0. The third-order valence-corrected chi connectivity index (χ3v) is 2.76. The van der Waals surface area contributed by atoms with Gasteiger partial charge in [0.15, 0.2) is 6.29 Å². The predicted octanol–water partition coefficient (Wildman–Crippen LogP) is 1.45. The molecule has 4 heteroatoms. The molecule has 1 aliphatic heterocycles. The van der Waals surface area contributed by atoms with Gasteiger partial charge < -0.3 is 20.3 Å². The molecule has 0 bridgehead atoms. The number of ether oxygens (including phenoxy) is 2. The quantitative estimate of drug-likeness (QED) is 0.761. The molecule has 0 aromatic heterocycles. The van der Waals surface area contributed by atoms with E-state index in [-0.39, 0.29) is 25.1 Å². The van der Waals surface area contributed by atoms with Crippen molar-refractivity contribution in [3.8, 4) is 0 Å². The Kier molecular flexibility index (Phi) is 3.43. The molecule has 0 amide bonds. The van der Waals surface area contributed by atoms with Crippen molar-refractivity contribution < 1.29 is 14.6 Å². The van der Waals surface area contributed by atoms with Gasteiger partial charge in [0, 0.05) is 17.9 Å². The van der Waals surface area contributed by atoms with Crippen LogP contribution in [-0.4, -0.2) is 24.1 Å². The Morgan fingerprint density at radius 2 is 2.06 bits per heavy atom. The summed E-state index contributed by atoms with van der Waals surface area (Å²) >= 11 is 0. The third kappa shape index (κ3) is 2.19. The number of hydrogen-bond acceptors (Lipinski definition) is 4. The van der Waals surface area contributed by atoms with Crippen molar-refractivity contribution in [3.63, 3.8) is 0 Å². The van der Waals surface area contributed by atoms with Crippen molar-refractivity contribution in [2.24, 2.45) is 0 Å². The fourth-order valence-corrected chi connectivity index (χ4v) is 2.03. The molecular formula is C12H17NO3. The van der Waals surface area contributed by atoms with Crippen LogP contribution in [0.1, 0.15) is 25.0 Å². The van der Waals surface area contributed by atoms with Crippen LogP contribution < -0.4 is 5.73 Å². The Bertz CT molecular complexity index is 356. The number of rotatable bonds is 3. The van der Waals surface area contributed by atoms with Crippen LogP contribution in [0.5, 0.6) is 0 Å². The van der Waals surface area contributed by atoms with E-state index in [1.54, 1.807) is 0 Å². The number of aliphatic hydroxyl groups excluding tert-OH is 1. The highest BCUT2D eigenvalue weighted by molar-refractivity contribution is 5.48. The van der Waals surface area contributed by atoms with Gasteiger partial charge in [0.2, 0.25) is 0 Å². The molecule has 1 aromatic carbocycles. The lowest BCUT2D eigenvalue weighted by molar-refractivity contribution is -0.0528. The van der Waals surface area contributed by atoms with E-state index in [1.807, 2.05) is 31.2 Å². The molecule has 1 unspecified atom stereocenters. The summed E-state index contributed by atoms with van der Waals surface area (Å²) in [5.74, 6) is 0. The summed E-state index contributed by atoms with van der Waals surface area (Å²) < 4.78 is 11.3. The normalized spacial score (nSPS) is 29.5. The van der Waals surface area contributed by atoms with Crippen molar-refractivity contribution >= 4 is 5.69 Å². The number of para-hydroxylation sites is 1. The molecule has 1 aromatic rings. The van der Waals surface area contributed by atoms with Crippen LogP contribution in [0, 0.1) is 0 Å². The highest BCUT2D eigenvalue weighted by Crippen LogP contribution is 2.36. The Morgan fingerprint density at radius 1 is 1.31 bits per heavy atom. The molecule has 16 heavy (non-hydrogen) atoms. The molecule has 0 radical (unpaired) electrons. The lowest BCUT2D eigenvalue weighted by Gasteiger charge is -2.17. The minimum Gasteiger partial charge on any atom is -0.398 e. The molecule has 3 N–H and O–H groups in total. The summed E-state index contributed by atoms with van der Waals surface area (Å²) in [5.41, 5.74) is 7.54. The molecule has 4 nitrogen and oxygen atoms in total. The zero-order valence-electron chi connectivity index (χ0n) is 9.30. The van der Waals surface area contributed by atoms with Crippen molar-refractivity contribution in [1.82, 2.24) is 0 Å². The first-order valence-corrected chi connectivity index (χ1v) is 5.48. The first-order valence-electron chi connectivity index (χ1n) is 5.48. The van der Waals surface area contributed by atoms with E-state index < -0.39 is 0 Å². The van der Waals surface area contributed by atoms with Gasteiger partial charge in [-0.05, 0) is 19.4 Å². The Morgan fingerprint density at radius 3 is 2.75 bits per heavy atom. The second-order valence-corrected chi connectivity index (χ2v) is 3.94. The minimum absolute atomic E-state index is 0.0873. The maximum Gasteiger partial charge on any atom is 0.156 e. The van der Waals surface area contributed by atoms with Gasteiger partial charge in [0.25, 0.3) is 0 Å². The second kappa shape index (κ2) is 4.82. The minimum atomic E-state index is -0.249. The van der Waals surface area contributed by atoms with Gasteiger partial charge in [-0.15, -0.1) is 0 Å². The van der Waals surface area contributed by atoms with E-state index in [0.29, 0.717) is 12.1 Å². The molecule has 0 aliphatic carbocycles. The summed E-state index contributed by atoms with van der Waals surface area (Å²) in [6, 6.07) is 7.59. The van der Waals surface area contributed by atoms with Crippen LogP contribution in [-0.2, 0) is 9.47 Å². The van der Waals surface area contributed by atoms with Gasteiger partial charge in [-0.1, -0.05) is 18.2 Å². The number of nitrogens with two attached hydrogens (primary N) is 1. The van der Waals surface area contributed by atoms with Crippen molar-refractivity contribution in [2.75, 3.05) is 12.3 Å². The largest absolute Gasteiger partial charge is 0.398 e. The standard InChI is InChI=1S/C12H17NO3/c1-8-15-11(6-7-14)12(16-8)9-4-2-3-5-10(9)13/h2-5,8,11-12,14H,6-7,13H2,1H3/t8?,11-,12-/m1/s1. The summed E-state index contributed by atoms with van der Waals surface area (Å²) in [6.07, 6.45) is 0.0118. The van der Waals surface area contributed by atoms with Gasteiger partial charge in [0.05, 0.1) is 6.10 Å². The summed E-state index contributed by atoms with van der Waals surface area (Å²) in [7, 11) is 0. The molecule has 1 saturated heterocycles. The van der Waals surface area contributed by atoms with Gasteiger partial charge in [-0.25, -0.2) is 0 Å². The molecule has 1 fully saturated rings. The number of nitrogen functional groups attached to an aromatic ring is 1. The van der Waals surface area contributed by atoms with Crippen LogP contribution in [0.2, 0.25) is 0 Å². The van der Waals surface area contributed by atoms with Crippen LogP contribution in [0.25, 0.3) is 0 Å². The zero-order valence-corrected chi connectivity index (χ0v) is 9.30. The monoisotopic (exact) mass is 223 g/mol. The van der Waals surface area contributed by atoms with Crippen molar-refractivity contribution in [1.29, 1.82) is 0 Å². The van der Waals surface area contributed by atoms with Gasteiger partial charge in [-0.2, -0.15) is 0 Å². The zero-order chi connectivity index (χ0) is 11.5. The number of anilines is 1. The molecular weight excluding hydrogens is 206 g/mol. The van der Waals surface area contributed by atoms with E-state index in [9.17, 15) is 0 Å². The van der Waals surface area contributed by atoms with E-state index in [2.05, 4.69) is 0 Å². The van der Waals surface area contributed by atoms with E-state index >= 15 is 0 Å². The van der Waals surface area contributed by atoms with Crippen molar-refractivity contribution in [3.05, 3.63) is 29.8 Å². The predicted molar refractivity (Wildman–Crippen MR) is 60.7 cm³/mol. The molecule has 1 aliphatic rings. The highest BCUT2D eigenvalue weighted by Gasteiger charge is 2.35. The maximum atomic E-state index is 8.98. The second-order valence-electron chi connectivity index (χ2n) is 3.94. The van der Waals surface area contributed by atoms with E-state index in [0.717, 1.165) is 5.56 Å². The highest BCUT2D eigenvalue weighted by atomic mass is 16.7. The fraction of sp³-hybridized carbons (Fsp3) is 0.500. The number of aliphatic hydroxyl groups is 1. The number of hydrogen-bond donors (Lipinski definition) is 2. The topological polar surface area (TPSA) is 64.7 Å². The van der Waals surface area contributed by atoms with Gasteiger partial charge in [0.1, 0.15) is 6.10 Å². The molecule has 1 heterocycles. The smallest absolute Gasteiger partial charge is 0.156 e. The summed E-state index contributed by atoms with van der Waals surface area (Å²) in [4.78, 5) is 0. The lowest BCUT2D eigenvalue weighted by Crippen LogP contribution is -2.17. The first-order chi connectivity index (χ1) is 7.72. The Hall–Kier alpha value is -1.10. The third-order valence-electron chi connectivity index (χ3n) is 2.76. The summed E-state index contributed by atoms with van der Waals surface area (Å²) in [5, 5.41) is 8.98. The van der Waals surface area contributed by atoms with Gasteiger partial charge >= 0.3 is 0 Å². The Balaban J connectivity index is 2.22. The van der Waals surface area contributed by atoms with Crippen LogP contribution in [0.3, 0.4) is 0 Å². The average Bonchev–Trinajstić information content (AvgIpc) is 2.61. The molecule has 0 saturated carbocycles. The fourth-order valence-electron chi connectivity index (χ4n) is 2.03. The van der Waals surface area contributed by atoms with E-state index in [1.165, 1.54) is 0 Å². The Labute approximate surface area is 95.0 Å². The average molecular weight is 223 g/mol. The number of benzene rings is 1. The van der Waals surface area contributed by atoms with Crippen molar-refractivity contribution in [2.45, 2.75) is 31.8 Å². The molecule has 88 valence electrons.